The maximum Gasteiger partial charge on any atom is 0.243 e. The fraction of sp³-hybridized carbons (Fsp3) is 0.588. The Bertz CT molecular complexity index is 774. The largest absolute Gasteiger partial charge is 0.325 e. The van der Waals surface area contributed by atoms with Gasteiger partial charge in [0, 0.05) is 18.8 Å². The molecule has 2 fully saturated rings. The summed E-state index contributed by atoms with van der Waals surface area (Å²) < 4.78 is 26.2. The maximum absolute atomic E-state index is 12.9. The average Bonchev–Trinajstić information content (AvgIpc) is 3.19. The van der Waals surface area contributed by atoms with Crippen LogP contribution in [0.1, 0.15) is 39.0 Å². The summed E-state index contributed by atoms with van der Waals surface area (Å²) in [6.45, 7) is 2.77. The molecular weight excluding hydrogens is 383 g/mol. The van der Waals surface area contributed by atoms with Crippen LogP contribution in [0, 0.1) is 5.41 Å². The van der Waals surface area contributed by atoms with Gasteiger partial charge in [0.25, 0.3) is 0 Å². The fourth-order valence-corrected chi connectivity index (χ4v) is 5.35. The van der Waals surface area contributed by atoms with E-state index in [4.69, 9.17) is 23.2 Å². The zero-order valence-electron chi connectivity index (χ0n) is 14.1. The van der Waals surface area contributed by atoms with Crippen LogP contribution in [0.15, 0.2) is 29.2 Å². The van der Waals surface area contributed by atoms with Gasteiger partial charge in [-0.2, -0.15) is 4.31 Å². The number of hydrogen-bond acceptors (Lipinski definition) is 3. The van der Waals surface area contributed by atoms with Crippen molar-refractivity contribution in [1.29, 1.82) is 0 Å². The molecule has 8 heteroatoms. The van der Waals surface area contributed by atoms with E-state index in [2.05, 4.69) is 5.32 Å². The van der Waals surface area contributed by atoms with Gasteiger partial charge in [0.05, 0.1) is 10.3 Å². The van der Waals surface area contributed by atoms with E-state index < -0.39 is 19.8 Å². The molecule has 1 aromatic carbocycles. The summed E-state index contributed by atoms with van der Waals surface area (Å²) in [7, 11) is -3.56. The molecule has 1 aliphatic carbocycles. The minimum absolute atomic E-state index is 0.191. The summed E-state index contributed by atoms with van der Waals surface area (Å²) in [6, 6.07) is 6.34. The van der Waals surface area contributed by atoms with Crippen molar-refractivity contribution in [3.05, 3.63) is 24.3 Å². The minimum Gasteiger partial charge on any atom is -0.325 e. The number of alkyl halides is 2. The predicted octanol–water partition coefficient (Wildman–Crippen LogP) is 3.77. The van der Waals surface area contributed by atoms with Gasteiger partial charge in [0.1, 0.15) is 4.33 Å². The molecule has 5 nitrogen and oxygen atoms in total. The molecule has 1 atom stereocenters. The number of carbonyl (C=O) groups is 1. The fourth-order valence-electron chi connectivity index (χ4n) is 3.08. The number of nitrogens with one attached hydrogen (secondary N) is 1. The SMILES string of the molecule is C[C@@]1(C(=O)Nc2cccc(S(=O)(=O)N3CCCCCC3)c2)CC1(Cl)Cl. The Hall–Kier alpha value is -0.820. The first-order valence-corrected chi connectivity index (χ1v) is 10.7. The van der Waals surface area contributed by atoms with Crippen molar-refractivity contribution in [1.82, 2.24) is 4.31 Å². The Morgan fingerprint density at radius 1 is 1.16 bits per heavy atom. The Labute approximate surface area is 158 Å². The second kappa shape index (κ2) is 6.72. The standard InChI is InChI=1S/C17H22Cl2N2O3S/c1-16(12-17(16,18)19)15(22)20-13-7-6-8-14(11-13)25(23,24)21-9-4-2-3-5-10-21/h6-8,11H,2-5,9-10,12H2,1H3,(H,20,22)/t16-/m0/s1. The number of amides is 1. The minimum atomic E-state index is -3.56. The van der Waals surface area contributed by atoms with Crippen LogP contribution in [0.3, 0.4) is 0 Å². The number of anilines is 1. The summed E-state index contributed by atoms with van der Waals surface area (Å²) in [5.41, 5.74) is -0.423. The zero-order chi connectivity index (χ0) is 18.3. The van der Waals surface area contributed by atoms with Gasteiger partial charge in [0.15, 0.2) is 0 Å². The lowest BCUT2D eigenvalue weighted by atomic mass is 10.1. The van der Waals surface area contributed by atoms with E-state index in [0.717, 1.165) is 25.7 Å². The van der Waals surface area contributed by atoms with Crippen molar-refractivity contribution in [2.45, 2.75) is 48.3 Å². The van der Waals surface area contributed by atoms with Gasteiger partial charge in [-0.1, -0.05) is 18.9 Å². The highest BCUT2D eigenvalue weighted by molar-refractivity contribution is 7.89. The highest BCUT2D eigenvalue weighted by Crippen LogP contribution is 2.64. The van der Waals surface area contributed by atoms with Gasteiger partial charge in [-0.05, 0) is 44.4 Å². The van der Waals surface area contributed by atoms with Crippen molar-refractivity contribution in [3.63, 3.8) is 0 Å². The van der Waals surface area contributed by atoms with Gasteiger partial charge in [-0.3, -0.25) is 4.79 Å². The second-order valence-electron chi connectivity index (χ2n) is 7.01. The van der Waals surface area contributed by atoms with Crippen molar-refractivity contribution in [3.8, 4) is 0 Å². The number of sulfonamides is 1. The molecule has 1 amide bonds. The normalized spacial score (nSPS) is 26.7. The van der Waals surface area contributed by atoms with Crippen molar-refractivity contribution in [2.75, 3.05) is 18.4 Å². The molecule has 0 radical (unpaired) electrons. The first-order chi connectivity index (χ1) is 11.7. The number of rotatable bonds is 4. The average molecular weight is 405 g/mol. The Morgan fingerprint density at radius 2 is 1.76 bits per heavy atom. The van der Waals surface area contributed by atoms with E-state index >= 15 is 0 Å². The van der Waals surface area contributed by atoms with E-state index in [1.165, 1.54) is 10.4 Å². The van der Waals surface area contributed by atoms with Crippen LogP contribution in [0.4, 0.5) is 5.69 Å². The van der Waals surface area contributed by atoms with E-state index in [9.17, 15) is 13.2 Å². The molecule has 1 aromatic rings. The molecule has 138 valence electrons. The summed E-state index contributed by atoms with van der Waals surface area (Å²) in [4.78, 5) is 12.6. The molecule has 1 aliphatic heterocycles. The van der Waals surface area contributed by atoms with Crippen LogP contribution < -0.4 is 5.32 Å². The van der Waals surface area contributed by atoms with Crippen LogP contribution in [0.5, 0.6) is 0 Å². The maximum atomic E-state index is 12.9. The molecule has 0 unspecified atom stereocenters. The number of carbonyl (C=O) groups excluding carboxylic acids is 1. The Kier molecular flexibility index (Phi) is 5.10. The van der Waals surface area contributed by atoms with E-state index in [0.29, 0.717) is 25.2 Å². The van der Waals surface area contributed by atoms with Gasteiger partial charge in [0.2, 0.25) is 15.9 Å². The number of hydrogen-bond donors (Lipinski definition) is 1. The summed E-state index contributed by atoms with van der Waals surface area (Å²) in [5.74, 6) is -0.304. The summed E-state index contributed by atoms with van der Waals surface area (Å²) >= 11 is 12.1. The highest BCUT2D eigenvalue weighted by Gasteiger charge is 2.67. The molecule has 2 aliphatic rings. The first kappa shape index (κ1) is 19.0. The highest BCUT2D eigenvalue weighted by atomic mass is 35.5. The third kappa shape index (κ3) is 3.68. The number of benzene rings is 1. The lowest BCUT2D eigenvalue weighted by Crippen LogP contribution is -2.32. The van der Waals surface area contributed by atoms with Gasteiger partial charge in [-0.15, -0.1) is 23.2 Å². The van der Waals surface area contributed by atoms with E-state index in [1.807, 2.05) is 0 Å². The van der Waals surface area contributed by atoms with Crippen LogP contribution in [0.25, 0.3) is 0 Å². The molecule has 1 saturated heterocycles. The summed E-state index contributed by atoms with van der Waals surface area (Å²) in [6.07, 6.45) is 4.24. The molecule has 3 rings (SSSR count). The molecule has 1 saturated carbocycles. The molecule has 1 N–H and O–H groups in total. The lowest BCUT2D eigenvalue weighted by Gasteiger charge is -2.20. The smallest absolute Gasteiger partial charge is 0.243 e. The molecule has 1 heterocycles. The first-order valence-electron chi connectivity index (χ1n) is 8.46. The molecular formula is C17H22Cl2N2O3S. The zero-order valence-corrected chi connectivity index (χ0v) is 16.4. The van der Waals surface area contributed by atoms with Crippen molar-refractivity contribution < 1.29 is 13.2 Å². The monoisotopic (exact) mass is 404 g/mol. The Balaban J connectivity index is 1.78. The van der Waals surface area contributed by atoms with E-state index in [-0.39, 0.29) is 10.8 Å². The second-order valence-corrected chi connectivity index (χ2v) is 10.4. The predicted molar refractivity (Wildman–Crippen MR) is 99.5 cm³/mol. The van der Waals surface area contributed by atoms with Gasteiger partial charge < -0.3 is 5.32 Å². The lowest BCUT2D eigenvalue weighted by molar-refractivity contribution is -0.120. The molecule has 0 spiro atoms. The van der Waals surface area contributed by atoms with Crippen LogP contribution in [-0.4, -0.2) is 36.1 Å². The molecule has 25 heavy (non-hydrogen) atoms. The quantitative estimate of drug-likeness (QED) is 0.776. The van der Waals surface area contributed by atoms with Crippen LogP contribution in [-0.2, 0) is 14.8 Å². The third-order valence-corrected chi connectivity index (χ3v) is 8.05. The van der Waals surface area contributed by atoms with Crippen LogP contribution >= 0.6 is 23.2 Å². The molecule has 0 aromatic heterocycles. The van der Waals surface area contributed by atoms with Gasteiger partial charge in [-0.25, -0.2) is 8.42 Å². The Morgan fingerprint density at radius 3 is 2.32 bits per heavy atom. The van der Waals surface area contributed by atoms with Crippen molar-refractivity contribution >= 4 is 44.8 Å². The molecule has 0 bridgehead atoms. The third-order valence-electron chi connectivity index (χ3n) is 5.05. The number of halogens is 2. The summed E-state index contributed by atoms with van der Waals surface area (Å²) in [5, 5.41) is 2.74. The van der Waals surface area contributed by atoms with E-state index in [1.54, 1.807) is 25.1 Å². The topological polar surface area (TPSA) is 66.5 Å². The van der Waals surface area contributed by atoms with Gasteiger partial charge >= 0.3 is 0 Å². The number of nitrogens with zero attached hydrogens (tertiary/aromatic N) is 1. The van der Waals surface area contributed by atoms with Crippen LogP contribution in [0.2, 0.25) is 0 Å². The van der Waals surface area contributed by atoms with Crippen molar-refractivity contribution in [2.24, 2.45) is 5.41 Å².